The molecular weight excluding hydrogens is 406 g/mol. The molecule has 0 fully saturated rings. The van der Waals surface area contributed by atoms with Gasteiger partial charge in [-0.2, -0.15) is 0 Å². The van der Waals surface area contributed by atoms with Gasteiger partial charge in [0.1, 0.15) is 0 Å². The summed E-state index contributed by atoms with van der Waals surface area (Å²) in [5.41, 5.74) is 8.39. The number of aryl methyl sites for hydroxylation is 2. The van der Waals surface area contributed by atoms with E-state index in [1.54, 1.807) is 5.17 Å². The summed E-state index contributed by atoms with van der Waals surface area (Å²) in [6.07, 6.45) is 11.4. The van der Waals surface area contributed by atoms with Gasteiger partial charge in [0.05, 0.1) is 0 Å². The molecule has 1 radical (unpaired) electrons. The SMILES string of the molecule is Cc1ccc(C)c2c1[C-]=C(C1=CC=CC1)C2=[Si](C)C.[Cl-].[Cl-].[Zr+3]. The van der Waals surface area contributed by atoms with Crippen molar-refractivity contribution in [2.24, 2.45) is 0 Å². The fraction of sp³-hybridized carbons (Fsp3) is 0.278. The number of hydrogen-bond donors (Lipinski definition) is 0. The molecule has 0 nitrogen and oxygen atoms in total. The molecule has 0 bridgehead atoms. The first kappa shape index (κ1) is 22.0. The quantitative estimate of drug-likeness (QED) is 0.366. The molecule has 0 amide bonds. The standard InChI is InChI=1S/C18H19Si.2ClH.Zr/c1-12-9-10-13(2)17-15(12)11-16(18(17)19(3)4)14-7-5-6-8-14;;;/h5-7,9-10H,8H2,1-4H3;2*1H;/q-1;;;+3/p-2. The molecule has 0 aromatic heterocycles. The molecule has 113 valence electrons. The molecule has 0 unspecified atom stereocenters. The maximum Gasteiger partial charge on any atom is 3.00 e. The van der Waals surface area contributed by atoms with Gasteiger partial charge in [-0.1, -0.05) is 55.9 Å². The molecule has 4 heteroatoms. The normalized spacial score (nSPS) is 14.3. The predicted octanol–water partition coefficient (Wildman–Crippen LogP) is -1.86. The first-order chi connectivity index (χ1) is 9.09. The molecule has 0 aliphatic heterocycles. The molecule has 1 aromatic rings. The summed E-state index contributed by atoms with van der Waals surface area (Å²) in [4.78, 5) is 0. The van der Waals surface area contributed by atoms with Crippen LogP contribution >= 0.6 is 0 Å². The maximum absolute atomic E-state index is 3.71. The molecule has 0 heterocycles. The summed E-state index contributed by atoms with van der Waals surface area (Å²) in [5, 5.41) is 1.58. The zero-order chi connectivity index (χ0) is 13.6. The Labute approximate surface area is 167 Å². The van der Waals surface area contributed by atoms with E-state index in [0.29, 0.717) is 0 Å². The van der Waals surface area contributed by atoms with Crippen molar-refractivity contribution in [3.8, 4) is 0 Å². The van der Waals surface area contributed by atoms with Gasteiger partial charge in [0.25, 0.3) is 0 Å². The summed E-state index contributed by atoms with van der Waals surface area (Å²) in [6, 6.07) is 4.48. The zero-order valence-electron chi connectivity index (χ0n) is 13.3. The van der Waals surface area contributed by atoms with Crippen LogP contribution in [0.3, 0.4) is 0 Å². The minimum atomic E-state index is -0.499. The molecule has 0 atom stereocenters. The predicted molar refractivity (Wildman–Crippen MR) is 85.2 cm³/mol. The molecule has 1 aromatic carbocycles. The van der Waals surface area contributed by atoms with Crippen molar-refractivity contribution in [3.63, 3.8) is 0 Å². The minimum Gasteiger partial charge on any atom is -1.00 e. The molecule has 0 saturated heterocycles. The van der Waals surface area contributed by atoms with Crippen LogP contribution in [0.25, 0.3) is 0 Å². The Hall–Kier alpha value is -0.01000. The topological polar surface area (TPSA) is 0 Å². The van der Waals surface area contributed by atoms with Crippen LogP contribution in [0.1, 0.15) is 28.7 Å². The third-order valence-electron chi connectivity index (χ3n) is 3.96. The number of benzene rings is 1. The third kappa shape index (κ3) is 3.73. The second-order valence-corrected chi connectivity index (χ2v) is 8.15. The van der Waals surface area contributed by atoms with E-state index in [4.69, 9.17) is 0 Å². The van der Waals surface area contributed by atoms with Gasteiger partial charge in [-0.15, -0.1) is 39.1 Å². The first-order valence-electron chi connectivity index (χ1n) is 6.88. The van der Waals surface area contributed by atoms with Crippen molar-refractivity contribution in [1.29, 1.82) is 0 Å². The van der Waals surface area contributed by atoms with Crippen LogP contribution < -0.4 is 24.8 Å². The monoisotopic (exact) mass is 423 g/mol. The maximum atomic E-state index is 3.71. The zero-order valence-corrected chi connectivity index (χ0v) is 18.3. The van der Waals surface area contributed by atoms with Gasteiger partial charge in [0, 0.05) is 0 Å². The van der Waals surface area contributed by atoms with E-state index in [1.807, 2.05) is 0 Å². The second-order valence-electron chi connectivity index (χ2n) is 5.65. The number of fused-ring (bicyclic) bond motifs is 1. The van der Waals surface area contributed by atoms with Crippen molar-refractivity contribution in [2.75, 3.05) is 0 Å². The number of allylic oxidation sites excluding steroid dienone is 5. The van der Waals surface area contributed by atoms with Crippen molar-refractivity contribution >= 4 is 13.6 Å². The summed E-state index contributed by atoms with van der Waals surface area (Å²) < 4.78 is 0. The van der Waals surface area contributed by atoms with Gasteiger partial charge in [0.2, 0.25) is 0 Å². The Morgan fingerprint density at radius 3 is 2.23 bits per heavy atom. The van der Waals surface area contributed by atoms with E-state index in [0.717, 1.165) is 6.42 Å². The molecular formula is C18H19Cl2SiZr. The molecule has 2 aliphatic rings. The molecule has 2 aliphatic carbocycles. The summed E-state index contributed by atoms with van der Waals surface area (Å²) in [6.45, 7) is 9.21. The Bertz CT molecular complexity index is 693. The first-order valence-corrected chi connectivity index (χ1v) is 9.38. The molecule has 0 saturated carbocycles. The van der Waals surface area contributed by atoms with Crippen molar-refractivity contribution in [3.05, 3.63) is 69.8 Å². The Morgan fingerprint density at radius 1 is 1.05 bits per heavy atom. The average molecular weight is 426 g/mol. The largest absolute Gasteiger partial charge is 3.00 e. The number of halogens is 2. The molecule has 3 rings (SSSR count). The Balaban J connectivity index is 0.00000147. The van der Waals surface area contributed by atoms with Crippen LogP contribution in [0.15, 0.2) is 41.5 Å². The van der Waals surface area contributed by atoms with Gasteiger partial charge < -0.3 is 24.8 Å². The van der Waals surface area contributed by atoms with Crippen LogP contribution in [0.4, 0.5) is 0 Å². The van der Waals surface area contributed by atoms with Gasteiger partial charge in [-0.3, -0.25) is 0 Å². The third-order valence-corrected chi connectivity index (χ3v) is 5.46. The van der Waals surface area contributed by atoms with Gasteiger partial charge in [-0.05, 0) is 21.8 Å². The van der Waals surface area contributed by atoms with Gasteiger partial charge in [-0.25, -0.2) is 0 Å². The average Bonchev–Trinajstić information content (AvgIpc) is 2.99. The van der Waals surface area contributed by atoms with Crippen molar-refractivity contribution in [2.45, 2.75) is 33.4 Å². The summed E-state index contributed by atoms with van der Waals surface area (Å²) in [7, 11) is -0.499. The van der Waals surface area contributed by atoms with E-state index in [2.05, 4.69) is 63.4 Å². The smallest absolute Gasteiger partial charge is 1.00 e. The van der Waals surface area contributed by atoms with E-state index in [9.17, 15) is 0 Å². The van der Waals surface area contributed by atoms with E-state index >= 15 is 0 Å². The summed E-state index contributed by atoms with van der Waals surface area (Å²) >= 11 is 0. The number of rotatable bonds is 1. The van der Waals surface area contributed by atoms with Gasteiger partial charge >= 0.3 is 26.2 Å². The van der Waals surface area contributed by atoms with Crippen LogP contribution in [-0.4, -0.2) is 13.6 Å². The van der Waals surface area contributed by atoms with E-state index in [1.165, 1.54) is 33.4 Å². The van der Waals surface area contributed by atoms with Gasteiger partial charge in [0.15, 0.2) is 0 Å². The fourth-order valence-corrected chi connectivity index (χ4v) is 4.53. The minimum absolute atomic E-state index is 0. The molecule has 22 heavy (non-hydrogen) atoms. The van der Waals surface area contributed by atoms with Crippen LogP contribution in [0.2, 0.25) is 13.1 Å². The Morgan fingerprint density at radius 2 is 1.68 bits per heavy atom. The van der Waals surface area contributed by atoms with E-state index < -0.39 is 8.41 Å². The van der Waals surface area contributed by atoms with Crippen LogP contribution in [-0.2, 0) is 26.2 Å². The van der Waals surface area contributed by atoms with Crippen LogP contribution in [0.5, 0.6) is 0 Å². The van der Waals surface area contributed by atoms with Crippen molar-refractivity contribution < 1.29 is 51.0 Å². The molecule has 0 N–H and O–H groups in total. The number of hydrogen-bond acceptors (Lipinski definition) is 0. The van der Waals surface area contributed by atoms with Crippen LogP contribution in [0, 0.1) is 19.9 Å². The fourth-order valence-electron chi connectivity index (χ4n) is 2.98. The Kier molecular flexibility index (Phi) is 8.73. The van der Waals surface area contributed by atoms with Crippen molar-refractivity contribution in [1.82, 2.24) is 0 Å². The second kappa shape index (κ2) is 8.73. The summed E-state index contributed by atoms with van der Waals surface area (Å²) in [5.74, 6) is 0. The molecule has 0 spiro atoms. The van der Waals surface area contributed by atoms with E-state index in [-0.39, 0.29) is 51.0 Å².